The average Bonchev–Trinajstić information content (AvgIpc) is 2.93. The van der Waals surface area contributed by atoms with Gasteiger partial charge in [0, 0.05) is 6.54 Å². The summed E-state index contributed by atoms with van der Waals surface area (Å²) < 4.78 is 5.70. The van der Waals surface area contributed by atoms with Crippen molar-refractivity contribution in [2.45, 2.75) is 25.5 Å². The molecule has 2 saturated heterocycles. The first kappa shape index (κ1) is 15.6. The van der Waals surface area contributed by atoms with Crippen LogP contribution in [0.15, 0.2) is 48.7 Å². The summed E-state index contributed by atoms with van der Waals surface area (Å²) in [4.78, 5) is 30.0. The van der Waals surface area contributed by atoms with Crippen molar-refractivity contribution in [1.82, 2.24) is 15.1 Å². The van der Waals surface area contributed by atoms with E-state index in [4.69, 9.17) is 4.74 Å². The number of fused-ring (bicyclic) bond motifs is 1. The van der Waals surface area contributed by atoms with Gasteiger partial charge in [-0.1, -0.05) is 30.3 Å². The van der Waals surface area contributed by atoms with Crippen LogP contribution in [-0.4, -0.2) is 39.0 Å². The largest absolute Gasteiger partial charge is 0.487 e. The van der Waals surface area contributed by atoms with E-state index in [0.717, 1.165) is 23.3 Å². The first-order valence-electron chi connectivity index (χ1n) is 8.42. The van der Waals surface area contributed by atoms with E-state index in [9.17, 15) is 9.70 Å². The highest BCUT2D eigenvalue weighted by Crippen LogP contribution is 2.30. The predicted molar refractivity (Wildman–Crippen MR) is 89.0 cm³/mol. The number of benzene rings is 1. The van der Waals surface area contributed by atoms with Crippen molar-refractivity contribution in [2.24, 2.45) is 0 Å². The summed E-state index contributed by atoms with van der Waals surface area (Å²) in [6.07, 6.45) is 3.39. The molecule has 1 atom stereocenters. The number of amides is 1. The molecule has 1 aromatic carbocycles. The van der Waals surface area contributed by atoms with Crippen molar-refractivity contribution >= 4 is 5.91 Å². The van der Waals surface area contributed by atoms with Gasteiger partial charge in [0.2, 0.25) is 0 Å². The van der Waals surface area contributed by atoms with Crippen LogP contribution in [0.3, 0.4) is 0 Å². The minimum absolute atomic E-state index is 0.208. The van der Waals surface area contributed by atoms with Crippen molar-refractivity contribution in [3.63, 3.8) is 0 Å². The maximum absolute atomic E-state index is 12.5. The summed E-state index contributed by atoms with van der Waals surface area (Å²) >= 11 is 0. The zero-order valence-corrected chi connectivity index (χ0v) is 13.7. The average molecular weight is 339 g/mol. The third kappa shape index (κ3) is 2.93. The van der Waals surface area contributed by atoms with Crippen molar-refractivity contribution in [2.75, 3.05) is 13.1 Å². The fourth-order valence-corrected chi connectivity index (χ4v) is 3.17. The van der Waals surface area contributed by atoms with E-state index in [1.54, 1.807) is 18.3 Å². The second kappa shape index (κ2) is 6.51. The Bertz CT molecular complexity index is 755. The van der Waals surface area contributed by atoms with E-state index in [2.05, 4.69) is 4.98 Å². The second-order valence-electron chi connectivity index (χ2n) is 6.16. The number of hydrazine groups is 2. The third-order valence-electron chi connectivity index (χ3n) is 4.48. The molecule has 7 heteroatoms. The van der Waals surface area contributed by atoms with Gasteiger partial charge in [0.1, 0.15) is 24.6 Å². The summed E-state index contributed by atoms with van der Waals surface area (Å²) in [5.74, 6) is 0.397. The van der Waals surface area contributed by atoms with E-state index in [1.807, 2.05) is 30.3 Å². The number of rotatable bonds is 4. The van der Waals surface area contributed by atoms with Crippen LogP contribution in [-0.2, 0) is 11.4 Å². The molecule has 0 spiro atoms. The van der Waals surface area contributed by atoms with Crippen LogP contribution in [0.5, 0.6) is 5.75 Å². The Morgan fingerprint density at radius 3 is 2.64 bits per heavy atom. The summed E-state index contributed by atoms with van der Waals surface area (Å²) in [5, 5.41) is 3.01. The monoisotopic (exact) mass is 339 g/mol. The van der Waals surface area contributed by atoms with Gasteiger partial charge in [0.25, 0.3) is 0 Å². The van der Waals surface area contributed by atoms with Gasteiger partial charge >= 0.3 is 11.9 Å². The lowest BCUT2D eigenvalue weighted by molar-refractivity contribution is -0.741. The van der Waals surface area contributed by atoms with Crippen molar-refractivity contribution in [3.05, 3.63) is 64.8 Å². The molecule has 2 aliphatic rings. The minimum Gasteiger partial charge on any atom is -0.487 e. The first-order valence-corrected chi connectivity index (χ1v) is 8.42. The standard InChI is InChI=1S/C18H19N4O3/c23-18-17(22(24)21-11-5-4-10-20(18)21)16-9-8-15(12-19-16)25-13-14-6-2-1-3-7-14/h1-3,6-9,12,17H,4-5,10-11,13H2/q+1. The van der Waals surface area contributed by atoms with E-state index < -0.39 is 6.04 Å². The highest BCUT2D eigenvalue weighted by atomic mass is 16.5. The molecular formula is C18H19N4O3+. The Morgan fingerprint density at radius 1 is 1.12 bits per heavy atom. The summed E-state index contributed by atoms with van der Waals surface area (Å²) in [7, 11) is 0. The maximum Gasteiger partial charge on any atom is 0.356 e. The lowest BCUT2D eigenvalue weighted by atomic mass is 10.2. The van der Waals surface area contributed by atoms with Gasteiger partial charge in [-0.25, -0.2) is 4.98 Å². The molecule has 25 heavy (non-hydrogen) atoms. The molecule has 3 heterocycles. The zero-order chi connectivity index (χ0) is 17.2. The molecular weight excluding hydrogens is 320 g/mol. The van der Waals surface area contributed by atoms with Crippen LogP contribution in [0, 0.1) is 4.91 Å². The molecule has 1 unspecified atom stereocenters. The van der Waals surface area contributed by atoms with Crippen molar-refractivity contribution < 1.29 is 14.4 Å². The molecule has 1 amide bonds. The molecule has 0 aliphatic carbocycles. The second-order valence-corrected chi connectivity index (χ2v) is 6.16. The molecule has 128 valence electrons. The van der Waals surface area contributed by atoms with Crippen LogP contribution in [0.2, 0.25) is 0 Å². The van der Waals surface area contributed by atoms with Crippen LogP contribution in [0.4, 0.5) is 0 Å². The Balaban J connectivity index is 1.46. The molecule has 0 bridgehead atoms. The highest BCUT2D eigenvalue weighted by Gasteiger charge is 2.55. The normalized spacial score (nSPS) is 19.9. The lowest BCUT2D eigenvalue weighted by Gasteiger charge is -2.24. The number of carbonyl (C=O) groups is 1. The molecule has 2 aliphatic heterocycles. The molecule has 2 fully saturated rings. The maximum atomic E-state index is 12.5. The van der Waals surface area contributed by atoms with Gasteiger partial charge in [-0.05, 0) is 35.7 Å². The van der Waals surface area contributed by atoms with Gasteiger partial charge in [0.15, 0.2) is 4.87 Å². The van der Waals surface area contributed by atoms with Gasteiger partial charge in [0.05, 0.1) is 11.1 Å². The molecule has 0 radical (unpaired) electrons. The number of nitrogens with zero attached hydrogens (tertiary/aromatic N) is 4. The van der Waals surface area contributed by atoms with E-state index in [1.165, 1.54) is 10.1 Å². The van der Waals surface area contributed by atoms with E-state index in [0.29, 0.717) is 31.1 Å². The quantitative estimate of drug-likeness (QED) is 0.800. The molecule has 0 N–H and O–H groups in total. The Labute approximate surface area is 145 Å². The number of hydrogen-bond donors (Lipinski definition) is 0. The smallest absolute Gasteiger partial charge is 0.356 e. The van der Waals surface area contributed by atoms with Crippen LogP contribution in [0.25, 0.3) is 0 Å². The number of aromatic nitrogens is 1. The summed E-state index contributed by atoms with van der Waals surface area (Å²) in [6.45, 7) is 1.61. The Kier molecular flexibility index (Phi) is 4.05. The predicted octanol–water partition coefficient (Wildman–Crippen LogP) is 2.25. The van der Waals surface area contributed by atoms with Gasteiger partial charge in [-0.15, -0.1) is 0 Å². The topological polar surface area (TPSA) is 65.8 Å². The zero-order valence-electron chi connectivity index (χ0n) is 13.7. The number of hydrogen-bond acceptors (Lipinski definition) is 4. The van der Waals surface area contributed by atoms with Gasteiger partial charge in [-0.2, -0.15) is 5.01 Å². The number of pyridine rings is 1. The Hall–Kier alpha value is -2.96. The first-order chi connectivity index (χ1) is 12.2. The summed E-state index contributed by atoms with van der Waals surface area (Å²) in [5.41, 5.74) is 1.51. The third-order valence-corrected chi connectivity index (χ3v) is 4.48. The van der Waals surface area contributed by atoms with E-state index in [-0.39, 0.29) is 5.91 Å². The van der Waals surface area contributed by atoms with Crippen LogP contribution < -0.4 is 4.74 Å². The number of nitroso groups, excluding NO2 is 1. The van der Waals surface area contributed by atoms with E-state index >= 15 is 0 Å². The fraction of sp³-hybridized carbons (Fsp3) is 0.333. The van der Waals surface area contributed by atoms with Crippen molar-refractivity contribution in [3.8, 4) is 5.75 Å². The highest BCUT2D eigenvalue weighted by molar-refractivity contribution is 5.82. The van der Waals surface area contributed by atoms with Crippen molar-refractivity contribution in [1.29, 1.82) is 0 Å². The molecule has 0 saturated carbocycles. The SMILES string of the molecule is O=C1C(c2ccc(OCc3ccccc3)cn2)[N+](=O)N2CCCCN12. The number of carbonyl (C=O) groups excluding carboxylic acids is 1. The minimum atomic E-state index is -0.902. The Morgan fingerprint density at radius 2 is 1.92 bits per heavy atom. The summed E-state index contributed by atoms with van der Waals surface area (Å²) in [6, 6.07) is 12.4. The number of ether oxygens (including phenoxy) is 1. The van der Waals surface area contributed by atoms with Crippen LogP contribution >= 0.6 is 0 Å². The fourth-order valence-electron chi connectivity index (χ4n) is 3.17. The molecule has 7 nitrogen and oxygen atoms in total. The molecule has 4 rings (SSSR count). The molecule has 2 aromatic rings. The van der Waals surface area contributed by atoms with Gasteiger partial charge < -0.3 is 4.74 Å². The molecule has 1 aromatic heterocycles. The van der Waals surface area contributed by atoms with Gasteiger partial charge in [-0.3, -0.25) is 4.79 Å². The lowest BCUT2D eigenvalue weighted by Crippen LogP contribution is -2.45. The van der Waals surface area contributed by atoms with Crippen LogP contribution in [0.1, 0.15) is 30.1 Å².